The lowest BCUT2D eigenvalue weighted by Crippen LogP contribution is -2.34. The van der Waals surface area contributed by atoms with Crippen LogP contribution in [0.25, 0.3) is 0 Å². The quantitative estimate of drug-likeness (QED) is 0.653. The van der Waals surface area contributed by atoms with Gasteiger partial charge in [0.2, 0.25) is 5.91 Å². The van der Waals surface area contributed by atoms with Gasteiger partial charge >= 0.3 is 0 Å². The molecule has 4 heteroatoms. The fraction of sp³-hybridized carbons (Fsp3) is 0.900. The first-order valence-corrected chi connectivity index (χ1v) is 5.15. The smallest absolute Gasteiger partial charge is 0.223 e. The van der Waals surface area contributed by atoms with E-state index in [1.54, 1.807) is 18.9 Å². The second-order valence-electron chi connectivity index (χ2n) is 3.83. The highest BCUT2D eigenvalue weighted by molar-refractivity contribution is 5.76. The normalized spacial score (nSPS) is 14.9. The molecule has 0 aliphatic carbocycles. The largest absolute Gasteiger partial charge is 0.393 e. The number of aliphatic hydroxyl groups is 1. The minimum Gasteiger partial charge on any atom is -0.393 e. The minimum absolute atomic E-state index is 0.0449. The molecule has 2 unspecified atom stereocenters. The zero-order chi connectivity index (χ0) is 11.1. The molecule has 0 aliphatic rings. The summed E-state index contributed by atoms with van der Waals surface area (Å²) in [5, 5.41) is 9.05. The number of nitrogens with two attached hydrogens (primary N) is 1. The van der Waals surface area contributed by atoms with Crippen LogP contribution in [-0.2, 0) is 4.79 Å². The summed E-state index contributed by atoms with van der Waals surface area (Å²) in [6.45, 7) is 4.27. The highest BCUT2D eigenvalue weighted by atomic mass is 16.3. The number of carbonyl (C=O) groups is 1. The van der Waals surface area contributed by atoms with Crippen molar-refractivity contribution in [3.8, 4) is 0 Å². The van der Waals surface area contributed by atoms with Crippen molar-refractivity contribution in [1.29, 1.82) is 0 Å². The molecule has 0 aliphatic heterocycles. The summed E-state index contributed by atoms with van der Waals surface area (Å²) in [6, 6.07) is -0.0449. The van der Waals surface area contributed by atoms with Crippen molar-refractivity contribution in [2.75, 3.05) is 13.6 Å². The van der Waals surface area contributed by atoms with Gasteiger partial charge < -0.3 is 15.7 Å². The van der Waals surface area contributed by atoms with E-state index in [1.165, 1.54) is 0 Å². The lowest BCUT2D eigenvalue weighted by Gasteiger charge is -2.19. The summed E-state index contributed by atoms with van der Waals surface area (Å²) in [5.41, 5.74) is 5.67. The van der Waals surface area contributed by atoms with Gasteiger partial charge in [0.15, 0.2) is 0 Å². The molecule has 0 spiro atoms. The Morgan fingerprint density at radius 3 is 2.57 bits per heavy atom. The van der Waals surface area contributed by atoms with E-state index < -0.39 is 0 Å². The first-order valence-electron chi connectivity index (χ1n) is 5.15. The van der Waals surface area contributed by atoms with E-state index in [1.807, 2.05) is 6.92 Å². The Morgan fingerprint density at radius 1 is 1.57 bits per heavy atom. The van der Waals surface area contributed by atoms with Crippen LogP contribution in [0.5, 0.6) is 0 Å². The van der Waals surface area contributed by atoms with E-state index in [0.717, 1.165) is 6.42 Å². The predicted molar refractivity (Wildman–Crippen MR) is 56.8 cm³/mol. The van der Waals surface area contributed by atoms with E-state index >= 15 is 0 Å². The summed E-state index contributed by atoms with van der Waals surface area (Å²) in [7, 11) is 1.74. The van der Waals surface area contributed by atoms with Crippen LogP contribution in [0, 0.1) is 0 Å². The van der Waals surface area contributed by atoms with Crippen LogP contribution in [0.4, 0.5) is 0 Å². The van der Waals surface area contributed by atoms with Gasteiger partial charge in [-0.2, -0.15) is 0 Å². The third kappa shape index (κ3) is 5.94. The molecule has 84 valence electrons. The maximum atomic E-state index is 11.5. The number of amides is 1. The van der Waals surface area contributed by atoms with Gasteiger partial charge in [-0.25, -0.2) is 0 Å². The Kier molecular flexibility index (Phi) is 6.49. The van der Waals surface area contributed by atoms with Crippen molar-refractivity contribution in [1.82, 2.24) is 4.90 Å². The van der Waals surface area contributed by atoms with Gasteiger partial charge in [0.1, 0.15) is 0 Å². The van der Waals surface area contributed by atoms with E-state index in [4.69, 9.17) is 10.8 Å². The molecule has 0 aromatic heterocycles. The Morgan fingerprint density at radius 2 is 2.14 bits per heavy atom. The zero-order valence-electron chi connectivity index (χ0n) is 9.36. The molecule has 0 bridgehead atoms. The van der Waals surface area contributed by atoms with Gasteiger partial charge in [0.05, 0.1) is 6.10 Å². The monoisotopic (exact) mass is 202 g/mol. The molecular formula is C10H22N2O2. The third-order valence-electron chi connectivity index (χ3n) is 2.27. The van der Waals surface area contributed by atoms with Gasteiger partial charge in [-0.3, -0.25) is 4.79 Å². The highest BCUT2D eigenvalue weighted by Gasteiger charge is 2.12. The number of hydrogen-bond acceptors (Lipinski definition) is 3. The lowest BCUT2D eigenvalue weighted by molar-refractivity contribution is -0.130. The van der Waals surface area contributed by atoms with Gasteiger partial charge in [0.25, 0.3) is 0 Å². The summed E-state index contributed by atoms with van der Waals surface area (Å²) in [5.74, 6) is 0.0556. The summed E-state index contributed by atoms with van der Waals surface area (Å²) in [4.78, 5) is 13.1. The van der Waals surface area contributed by atoms with Crippen LogP contribution in [0.3, 0.4) is 0 Å². The van der Waals surface area contributed by atoms with Crippen LogP contribution >= 0.6 is 0 Å². The third-order valence-corrected chi connectivity index (χ3v) is 2.27. The van der Waals surface area contributed by atoms with Crippen molar-refractivity contribution >= 4 is 5.91 Å². The first kappa shape index (κ1) is 13.4. The first-order chi connectivity index (χ1) is 6.47. The zero-order valence-corrected chi connectivity index (χ0v) is 9.36. The molecule has 0 rings (SSSR count). The van der Waals surface area contributed by atoms with Crippen LogP contribution in [0.1, 0.15) is 33.1 Å². The molecule has 0 radical (unpaired) electrons. The molecule has 0 aromatic carbocycles. The fourth-order valence-corrected chi connectivity index (χ4v) is 1.03. The van der Waals surface area contributed by atoms with E-state index in [0.29, 0.717) is 19.4 Å². The van der Waals surface area contributed by atoms with Crippen LogP contribution in [0.15, 0.2) is 0 Å². The number of nitrogens with zero attached hydrogens (tertiary/aromatic N) is 1. The van der Waals surface area contributed by atoms with Crippen molar-refractivity contribution in [2.24, 2.45) is 5.73 Å². The molecule has 0 heterocycles. The van der Waals surface area contributed by atoms with E-state index in [-0.39, 0.29) is 18.1 Å². The molecule has 0 aromatic rings. The molecule has 0 saturated carbocycles. The maximum absolute atomic E-state index is 11.5. The molecule has 0 saturated heterocycles. The van der Waals surface area contributed by atoms with E-state index in [2.05, 4.69) is 0 Å². The Hall–Kier alpha value is -0.610. The second kappa shape index (κ2) is 6.79. The lowest BCUT2D eigenvalue weighted by atomic mass is 10.1. The Balaban J connectivity index is 3.76. The maximum Gasteiger partial charge on any atom is 0.223 e. The van der Waals surface area contributed by atoms with E-state index in [9.17, 15) is 4.79 Å². The topological polar surface area (TPSA) is 66.6 Å². The number of rotatable bonds is 6. The van der Waals surface area contributed by atoms with Crippen molar-refractivity contribution in [3.63, 3.8) is 0 Å². The van der Waals surface area contributed by atoms with Crippen molar-refractivity contribution in [2.45, 2.75) is 45.3 Å². The second-order valence-corrected chi connectivity index (χ2v) is 3.83. The average Bonchev–Trinajstić information content (AvgIpc) is 2.13. The van der Waals surface area contributed by atoms with Crippen molar-refractivity contribution < 1.29 is 9.90 Å². The molecule has 4 nitrogen and oxygen atoms in total. The Labute approximate surface area is 86.1 Å². The number of carbonyl (C=O) groups excluding carboxylic acids is 1. The molecular weight excluding hydrogens is 180 g/mol. The molecule has 14 heavy (non-hydrogen) atoms. The summed E-state index contributed by atoms with van der Waals surface area (Å²) in [6.07, 6.45) is 1.47. The SMILES string of the molecule is CCC(N)CC(=O)N(C)CCC(C)O. The van der Waals surface area contributed by atoms with Gasteiger partial charge in [-0.05, 0) is 19.8 Å². The van der Waals surface area contributed by atoms with Crippen LogP contribution in [0.2, 0.25) is 0 Å². The molecule has 0 fully saturated rings. The van der Waals surface area contributed by atoms with Crippen LogP contribution < -0.4 is 5.73 Å². The summed E-state index contributed by atoms with van der Waals surface area (Å²) < 4.78 is 0. The number of hydrogen-bond donors (Lipinski definition) is 2. The minimum atomic E-state index is -0.356. The predicted octanol–water partition coefficient (Wildman–Crippen LogP) is 0.343. The van der Waals surface area contributed by atoms with Crippen LogP contribution in [-0.4, -0.2) is 41.7 Å². The van der Waals surface area contributed by atoms with Gasteiger partial charge in [0, 0.05) is 26.1 Å². The standard InChI is InChI=1S/C10H22N2O2/c1-4-9(11)7-10(14)12(3)6-5-8(2)13/h8-9,13H,4-7,11H2,1-3H3. The number of aliphatic hydroxyl groups excluding tert-OH is 1. The average molecular weight is 202 g/mol. The highest BCUT2D eigenvalue weighted by Crippen LogP contribution is 2.00. The Bertz CT molecular complexity index is 172. The van der Waals surface area contributed by atoms with Gasteiger partial charge in [-0.15, -0.1) is 0 Å². The molecule has 2 atom stereocenters. The van der Waals surface area contributed by atoms with Gasteiger partial charge in [-0.1, -0.05) is 6.92 Å². The molecule has 3 N–H and O–H groups in total. The fourth-order valence-electron chi connectivity index (χ4n) is 1.03. The molecule has 1 amide bonds. The summed E-state index contributed by atoms with van der Waals surface area (Å²) >= 11 is 0. The van der Waals surface area contributed by atoms with Crippen molar-refractivity contribution in [3.05, 3.63) is 0 Å².